The summed E-state index contributed by atoms with van der Waals surface area (Å²) in [7, 11) is -8.04. The molecule has 1 aliphatic rings. The van der Waals surface area contributed by atoms with Gasteiger partial charge in [0.05, 0.1) is 16.4 Å². The van der Waals surface area contributed by atoms with Crippen molar-refractivity contribution in [3.63, 3.8) is 0 Å². The quantitative estimate of drug-likeness (QED) is 0.212. The first-order chi connectivity index (χ1) is 17.8. The largest absolute Gasteiger partial charge is 0.494 e. The Morgan fingerprint density at radius 2 is 1.16 bits per heavy atom. The van der Waals surface area contributed by atoms with Gasteiger partial charge in [0.1, 0.15) is 5.75 Å². The minimum Gasteiger partial charge on any atom is -0.494 e. The van der Waals surface area contributed by atoms with Crippen molar-refractivity contribution >= 4 is 25.9 Å². The highest BCUT2D eigenvalue weighted by Crippen LogP contribution is 2.14. The summed E-state index contributed by atoms with van der Waals surface area (Å²) < 4.78 is 64.7. The van der Waals surface area contributed by atoms with Gasteiger partial charge < -0.3 is 15.4 Å². The van der Waals surface area contributed by atoms with Crippen LogP contribution in [0.1, 0.15) is 30.4 Å². The molecule has 0 aromatic heterocycles. The highest BCUT2D eigenvalue weighted by Gasteiger charge is 2.10. The van der Waals surface area contributed by atoms with Crippen LogP contribution in [0, 0.1) is 13.8 Å². The Bertz CT molecular complexity index is 1250. The Morgan fingerprint density at radius 1 is 0.737 bits per heavy atom. The number of ether oxygens (including phenoxy) is 1. The van der Waals surface area contributed by atoms with Gasteiger partial charge in [-0.2, -0.15) is 16.8 Å². The third kappa shape index (κ3) is 12.1. The summed E-state index contributed by atoms with van der Waals surface area (Å²) in [5.41, 5.74) is 8.30. The monoisotopic (exact) mass is 564 g/mol. The lowest BCUT2D eigenvalue weighted by molar-refractivity contribution is 0.263. The van der Waals surface area contributed by atoms with Crippen molar-refractivity contribution in [2.45, 2.75) is 42.9 Å². The third-order valence-electron chi connectivity index (χ3n) is 5.60. The number of nitrogens with zero attached hydrogens (tertiary/aromatic N) is 1. The van der Waals surface area contributed by atoms with Crippen molar-refractivity contribution in [1.82, 2.24) is 4.90 Å². The Morgan fingerprint density at radius 3 is 1.55 bits per heavy atom. The van der Waals surface area contributed by atoms with E-state index in [0.717, 1.165) is 42.1 Å². The summed E-state index contributed by atoms with van der Waals surface area (Å²) in [6.07, 6.45) is 3.82. The molecule has 1 aliphatic heterocycles. The molecule has 1 fully saturated rings. The van der Waals surface area contributed by atoms with Gasteiger partial charge in [0.15, 0.2) is 0 Å². The number of anilines is 1. The summed E-state index contributed by atoms with van der Waals surface area (Å²) in [4.78, 5) is 2.37. The molecule has 208 valence electrons. The second-order valence-corrected chi connectivity index (χ2v) is 11.7. The molecular weight excluding hydrogens is 528 g/mol. The molecule has 3 aromatic carbocycles. The molecule has 4 rings (SSSR count). The van der Waals surface area contributed by atoms with Crippen LogP contribution in [0.3, 0.4) is 0 Å². The normalized spacial score (nSPS) is 13.6. The van der Waals surface area contributed by atoms with Crippen LogP contribution in [-0.2, 0) is 20.2 Å². The standard InChI is InChI=1S/C13H20N2O.2C7H8O3S/c14-12-4-6-13(7-5-12)16-11-3-10-15-8-1-2-9-15;2*1-6-2-4-7(5-3-6)11(8,9)10/h4-7H,1-3,8-11,14H2;2*2-5H,1H3,(H,8,9,10). The molecule has 3 aromatic rings. The molecule has 0 radical (unpaired) electrons. The Kier molecular flexibility index (Phi) is 12.2. The van der Waals surface area contributed by atoms with E-state index in [2.05, 4.69) is 4.90 Å². The predicted molar refractivity (Wildman–Crippen MR) is 149 cm³/mol. The van der Waals surface area contributed by atoms with Crippen molar-refractivity contribution in [3.8, 4) is 5.75 Å². The lowest BCUT2D eigenvalue weighted by Crippen LogP contribution is -2.21. The van der Waals surface area contributed by atoms with E-state index in [1.165, 1.54) is 50.2 Å². The summed E-state index contributed by atoms with van der Waals surface area (Å²) in [5, 5.41) is 0. The maximum absolute atomic E-state index is 10.5. The molecule has 38 heavy (non-hydrogen) atoms. The van der Waals surface area contributed by atoms with Gasteiger partial charge in [0.2, 0.25) is 0 Å². The molecule has 1 saturated heterocycles. The molecule has 0 saturated carbocycles. The summed E-state index contributed by atoms with van der Waals surface area (Å²) >= 11 is 0. The zero-order valence-electron chi connectivity index (χ0n) is 21.7. The van der Waals surface area contributed by atoms with Gasteiger partial charge in [-0.25, -0.2) is 0 Å². The molecule has 0 atom stereocenters. The molecule has 0 spiro atoms. The first kappa shape index (κ1) is 31.3. The predicted octanol–water partition coefficient (Wildman–Crippen LogP) is 4.62. The van der Waals surface area contributed by atoms with Crippen molar-refractivity contribution in [2.75, 3.05) is 32.0 Å². The number of likely N-dealkylation sites (tertiary alicyclic amines) is 1. The van der Waals surface area contributed by atoms with Crippen LogP contribution in [0.15, 0.2) is 82.6 Å². The zero-order chi connectivity index (χ0) is 28.2. The first-order valence-corrected chi connectivity index (χ1v) is 15.0. The van der Waals surface area contributed by atoms with Gasteiger partial charge in [0.25, 0.3) is 20.2 Å². The van der Waals surface area contributed by atoms with Gasteiger partial charge in [-0.05, 0) is 94.7 Å². The number of benzene rings is 3. The van der Waals surface area contributed by atoms with Gasteiger partial charge in [-0.15, -0.1) is 0 Å². The lowest BCUT2D eigenvalue weighted by atomic mass is 10.2. The van der Waals surface area contributed by atoms with E-state index in [9.17, 15) is 16.8 Å². The van der Waals surface area contributed by atoms with Gasteiger partial charge in [-0.1, -0.05) is 35.4 Å². The second kappa shape index (κ2) is 14.8. The fraction of sp³-hybridized carbons (Fsp3) is 0.333. The SMILES string of the molecule is Cc1ccc(S(=O)(=O)O)cc1.Cc1ccc(S(=O)(=O)O)cc1.Nc1ccc(OCCCN2CCCC2)cc1. The van der Waals surface area contributed by atoms with Crippen LogP contribution < -0.4 is 10.5 Å². The van der Waals surface area contributed by atoms with E-state index in [0.29, 0.717) is 0 Å². The maximum atomic E-state index is 10.5. The molecule has 0 aliphatic carbocycles. The third-order valence-corrected chi connectivity index (χ3v) is 7.34. The molecule has 0 bridgehead atoms. The van der Waals surface area contributed by atoms with E-state index >= 15 is 0 Å². The highest BCUT2D eigenvalue weighted by molar-refractivity contribution is 7.86. The van der Waals surface area contributed by atoms with Crippen LogP contribution in [0.4, 0.5) is 5.69 Å². The number of aryl methyl sites for hydroxylation is 2. The number of hydrogen-bond donors (Lipinski definition) is 3. The van der Waals surface area contributed by atoms with Crippen LogP contribution in [0.2, 0.25) is 0 Å². The minimum atomic E-state index is -4.02. The van der Waals surface area contributed by atoms with E-state index in [1.807, 2.05) is 38.1 Å². The fourth-order valence-corrected chi connectivity index (χ4v) is 4.43. The van der Waals surface area contributed by atoms with Crippen LogP contribution in [0.25, 0.3) is 0 Å². The Labute approximate surface area is 225 Å². The number of hydrogen-bond acceptors (Lipinski definition) is 7. The molecule has 0 unspecified atom stereocenters. The highest BCUT2D eigenvalue weighted by atomic mass is 32.2. The minimum absolute atomic E-state index is 0.0666. The second-order valence-electron chi connectivity index (χ2n) is 8.90. The van der Waals surface area contributed by atoms with Crippen LogP contribution in [0.5, 0.6) is 5.75 Å². The summed E-state index contributed by atoms with van der Waals surface area (Å²) in [6.45, 7) is 8.17. The first-order valence-electron chi connectivity index (χ1n) is 12.1. The zero-order valence-corrected chi connectivity index (χ0v) is 23.3. The van der Waals surface area contributed by atoms with Crippen molar-refractivity contribution in [1.29, 1.82) is 0 Å². The molecular formula is C27H36N2O7S2. The molecule has 9 nitrogen and oxygen atoms in total. The van der Waals surface area contributed by atoms with E-state index in [-0.39, 0.29) is 9.79 Å². The van der Waals surface area contributed by atoms with Crippen molar-refractivity contribution in [2.24, 2.45) is 0 Å². The maximum Gasteiger partial charge on any atom is 0.294 e. The number of nitrogen functional groups attached to an aromatic ring is 1. The van der Waals surface area contributed by atoms with E-state index in [4.69, 9.17) is 19.6 Å². The molecule has 0 amide bonds. The summed E-state index contributed by atoms with van der Waals surface area (Å²) in [5.74, 6) is 0.913. The van der Waals surface area contributed by atoms with Crippen molar-refractivity contribution < 1.29 is 30.7 Å². The van der Waals surface area contributed by atoms with Crippen LogP contribution >= 0.6 is 0 Å². The number of rotatable bonds is 7. The average Bonchev–Trinajstić information content (AvgIpc) is 3.37. The Balaban J connectivity index is 0.000000206. The molecule has 11 heteroatoms. The van der Waals surface area contributed by atoms with E-state index < -0.39 is 20.2 Å². The lowest BCUT2D eigenvalue weighted by Gasteiger charge is -2.14. The van der Waals surface area contributed by atoms with Gasteiger partial charge in [-0.3, -0.25) is 9.11 Å². The average molecular weight is 565 g/mol. The van der Waals surface area contributed by atoms with Gasteiger partial charge in [0, 0.05) is 12.2 Å². The van der Waals surface area contributed by atoms with E-state index in [1.54, 1.807) is 24.3 Å². The Hall–Kier alpha value is -2.96. The smallest absolute Gasteiger partial charge is 0.294 e. The fourth-order valence-electron chi connectivity index (χ4n) is 3.47. The summed E-state index contributed by atoms with van der Waals surface area (Å²) in [6, 6.07) is 19.6. The molecule has 4 N–H and O–H groups in total. The van der Waals surface area contributed by atoms with Gasteiger partial charge >= 0.3 is 0 Å². The number of nitrogens with two attached hydrogens (primary N) is 1. The van der Waals surface area contributed by atoms with Crippen molar-refractivity contribution in [3.05, 3.63) is 83.9 Å². The topological polar surface area (TPSA) is 147 Å². The molecule has 1 heterocycles. The van der Waals surface area contributed by atoms with Crippen LogP contribution in [-0.4, -0.2) is 57.1 Å².